The Hall–Kier alpha value is -4.19. The molecule has 3 aromatic rings. The van der Waals surface area contributed by atoms with Crippen LogP contribution in [-0.4, -0.2) is 24.9 Å². The fourth-order valence-corrected chi connectivity index (χ4v) is 6.11. The minimum atomic E-state index is -0.859. The summed E-state index contributed by atoms with van der Waals surface area (Å²) in [6.07, 6.45) is 2.00. The number of benzene rings is 3. The number of hydrogen-bond donors (Lipinski definition) is 0. The smallest absolute Gasteiger partial charge is 0.319 e. The molecule has 6 heteroatoms. The molecule has 37 heavy (non-hydrogen) atoms. The molecule has 0 radical (unpaired) electrons. The number of rotatable bonds is 3. The van der Waals surface area contributed by atoms with E-state index < -0.39 is 29.6 Å². The number of carbonyl (C=O) groups is 3. The average molecular weight is 494 g/mol. The molecular weight excluding hydrogens is 466 g/mol. The molecule has 186 valence electrons. The molecule has 2 aliphatic heterocycles. The molecule has 6 nitrogen and oxygen atoms in total. The van der Waals surface area contributed by atoms with E-state index in [0.717, 1.165) is 33.4 Å². The summed E-state index contributed by atoms with van der Waals surface area (Å²) >= 11 is 0. The molecule has 3 aromatic carbocycles. The first-order valence-corrected chi connectivity index (χ1v) is 12.4. The second-order valence-electron chi connectivity index (χ2n) is 10.2. The quantitative estimate of drug-likeness (QED) is 0.287. The largest absolute Gasteiger partial charge is 0.497 e. The molecule has 1 aliphatic carbocycles. The lowest BCUT2D eigenvalue weighted by Crippen LogP contribution is -2.42. The Kier molecular flexibility index (Phi) is 5.30. The van der Waals surface area contributed by atoms with Gasteiger partial charge in [-0.05, 0) is 67.3 Å². The molecule has 0 bridgehead atoms. The van der Waals surface area contributed by atoms with Gasteiger partial charge in [0.15, 0.2) is 0 Å². The van der Waals surface area contributed by atoms with Crippen molar-refractivity contribution in [2.45, 2.75) is 26.7 Å². The van der Waals surface area contributed by atoms with Crippen molar-refractivity contribution in [3.63, 3.8) is 0 Å². The lowest BCUT2D eigenvalue weighted by Gasteiger charge is -2.38. The highest BCUT2D eigenvalue weighted by molar-refractivity contribution is 6.25. The molecule has 0 unspecified atom stereocenters. The number of anilines is 1. The maximum Gasteiger partial charge on any atom is 0.319 e. The SMILES string of the molecule is COc1ccc([C@@H]2C=C3c4ccc(C)cc4OC(=O)[C@@H]3[C@H]3C(=O)N(c4ccc(C)cc4C)C(=O)[C@@H]32)cc1. The summed E-state index contributed by atoms with van der Waals surface area (Å²) in [5.74, 6) is -2.77. The van der Waals surface area contributed by atoms with E-state index in [1.807, 2.05) is 87.5 Å². The van der Waals surface area contributed by atoms with Gasteiger partial charge in [-0.25, -0.2) is 4.90 Å². The van der Waals surface area contributed by atoms with Crippen LogP contribution >= 0.6 is 0 Å². The highest BCUT2D eigenvalue weighted by atomic mass is 16.5. The van der Waals surface area contributed by atoms with Gasteiger partial charge in [0, 0.05) is 11.5 Å². The zero-order chi connectivity index (χ0) is 26.0. The van der Waals surface area contributed by atoms with E-state index in [9.17, 15) is 14.4 Å². The monoisotopic (exact) mass is 493 g/mol. The van der Waals surface area contributed by atoms with Crippen LogP contribution in [0.3, 0.4) is 0 Å². The molecule has 1 fully saturated rings. The number of imide groups is 1. The first-order chi connectivity index (χ1) is 17.8. The Labute approximate surface area is 215 Å². The molecule has 0 saturated carbocycles. The summed E-state index contributed by atoms with van der Waals surface area (Å²) in [4.78, 5) is 42.9. The first-order valence-electron chi connectivity index (χ1n) is 12.4. The van der Waals surface area contributed by atoms with Crippen molar-refractivity contribution in [1.29, 1.82) is 0 Å². The van der Waals surface area contributed by atoms with Crippen LogP contribution in [0, 0.1) is 38.5 Å². The second kappa shape index (κ2) is 8.44. The van der Waals surface area contributed by atoms with E-state index >= 15 is 0 Å². The molecule has 1 saturated heterocycles. The fraction of sp³-hybridized carbons (Fsp3) is 0.258. The van der Waals surface area contributed by atoms with E-state index in [0.29, 0.717) is 17.2 Å². The average Bonchev–Trinajstić information content (AvgIpc) is 3.13. The summed E-state index contributed by atoms with van der Waals surface area (Å²) in [5.41, 5.74) is 5.83. The number of aryl methyl sites for hydroxylation is 3. The highest BCUT2D eigenvalue weighted by Gasteiger charge is 2.60. The third-order valence-electron chi connectivity index (χ3n) is 7.84. The van der Waals surface area contributed by atoms with Gasteiger partial charge in [0.2, 0.25) is 11.8 Å². The number of fused-ring (bicyclic) bond motifs is 5. The third kappa shape index (κ3) is 3.50. The maximum atomic E-state index is 14.1. The number of amides is 2. The summed E-state index contributed by atoms with van der Waals surface area (Å²) in [6.45, 7) is 5.80. The molecule has 3 aliphatic rings. The topological polar surface area (TPSA) is 72.9 Å². The number of esters is 1. The van der Waals surface area contributed by atoms with Crippen LogP contribution < -0.4 is 14.4 Å². The molecule has 6 rings (SSSR count). The summed E-state index contributed by atoms with van der Waals surface area (Å²) in [5, 5.41) is 0. The minimum Gasteiger partial charge on any atom is -0.497 e. The van der Waals surface area contributed by atoms with Gasteiger partial charge in [0.25, 0.3) is 0 Å². The summed E-state index contributed by atoms with van der Waals surface area (Å²) in [7, 11) is 1.60. The van der Waals surface area contributed by atoms with Crippen LogP contribution in [-0.2, 0) is 14.4 Å². The Bertz CT molecular complexity index is 1500. The Morgan fingerprint density at radius 1 is 0.811 bits per heavy atom. The summed E-state index contributed by atoms with van der Waals surface area (Å²) in [6, 6.07) is 18.9. The predicted octanol–water partition coefficient (Wildman–Crippen LogP) is 5.14. The van der Waals surface area contributed by atoms with E-state index in [1.54, 1.807) is 7.11 Å². The van der Waals surface area contributed by atoms with Crippen LogP contribution in [0.4, 0.5) is 5.69 Å². The van der Waals surface area contributed by atoms with Crippen LogP contribution in [0.25, 0.3) is 5.57 Å². The van der Waals surface area contributed by atoms with Crippen molar-refractivity contribution >= 4 is 29.0 Å². The number of methoxy groups -OCH3 is 1. The number of hydrogen-bond acceptors (Lipinski definition) is 5. The van der Waals surface area contributed by atoms with Crippen molar-refractivity contribution in [3.8, 4) is 11.5 Å². The highest BCUT2D eigenvalue weighted by Crippen LogP contribution is 2.55. The molecule has 4 atom stereocenters. The number of carbonyl (C=O) groups excluding carboxylic acids is 3. The van der Waals surface area contributed by atoms with Gasteiger partial charge in [-0.1, -0.05) is 48.0 Å². The van der Waals surface area contributed by atoms with E-state index in [-0.39, 0.29) is 11.8 Å². The van der Waals surface area contributed by atoms with Gasteiger partial charge in [-0.2, -0.15) is 0 Å². The van der Waals surface area contributed by atoms with Gasteiger partial charge in [-0.3, -0.25) is 14.4 Å². The number of allylic oxidation sites excluding steroid dienone is 1. The van der Waals surface area contributed by atoms with Crippen molar-refractivity contribution in [3.05, 3.63) is 94.6 Å². The summed E-state index contributed by atoms with van der Waals surface area (Å²) < 4.78 is 11.1. The van der Waals surface area contributed by atoms with Crippen molar-refractivity contribution in [2.75, 3.05) is 12.0 Å². The zero-order valence-electron chi connectivity index (χ0n) is 21.1. The zero-order valence-corrected chi connectivity index (χ0v) is 21.1. The molecule has 2 amide bonds. The fourth-order valence-electron chi connectivity index (χ4n) is 6.11. The number of nitrogens with zero attached hydrogens (tertiary/aromatic N) is 1. The maximum absolute atomic E-state index is 14.1. The molecule has 0 N–H and O–H groups in total. The molecule has 0 spiro atoms. The second-order valence-corrected chi connectivity index (χ2v) is 10.2. The Morgan fingerprint density at radius 3 is 2.19 bits per heavy atom. The molecule has 0 aromatic heterocycles. The van der Waals surface area contributed by atoms with Gasteiger partial charge in [-0.15, -0.1) is 0 Å². The van der Waals surface area contributed by atoms with Gasteiger partial charge >= 0.3 is 5.97 Å². The first kappa shape index (κ1) is 23.2. The van der Waals surface area contributed by atoms with Crippen molar-refractivity contribution in [1.82, 2.24) is 0 Å². The normalized spacial score (nSPS) is 24.2. The van der Waals surface area contributed by atoms with Crippen LogP contribution in [0.1, 0.15) is 33.7 Å². The van der Waals surface area contributed by atoms with Crippen LogP contribution in [0.5, 0.6) is 11.5 Å². The van der Waals surface area contributed by atoms with Crippen LogP contribution in [0.2, 0.25) is 0 Å². The molecular formula is C31H27NO5. The standard InChI is InChI=1S/C31H27NO5/c1-16-6-12-24(18(3)13-16)32-29(33)26-22(19-7-9-20(36-4)10-8-19)15-23-21-11-5-17(2)14-25(21)37-31(35)27(23)28(26)30(32)34/h5-15,22,26-28H,1-4H3/t22-,26+,27-,28-/m0/s1. The van der Waals surface area contributed by atoms with E-state index in [4.69, 9.17) is 9.47 Å². The third-order valence-corrected chi connectivity index (χ3v) is 7.84. The van der Waals surface area contributed by atoms with Gasteiger partial charge in [0.05, 0.1) is 30.6 Å². The Morgan fingerprint density at radius 2 is 1.49 bits per heavy atom. The predicted molar refractivity (Wildman–Crippen MR) is 139 cm³/mol. The van der Waals surface area contributed by atoms with E-state index in [2.05, 4.69) is 0 Å². The lowest BCUT2D eigenvalue weighted by atomic mass is 9.64. The van der Waals surface area contributed by atoms with E-state index in [1.165, 1.54) is 4.90 Å². The minimum absolute atomic E-state index is 0.291. The van der Waals surface area contributed by atoms with Crippen molar-refractivity contribution < 1.29 is 23.9 Å². The lowest BCUT2D eigenvalue weighted by molar-refractivity contribution is -0.142. The van der Waals surface area contributed by atoms with Gasteiger partial charge < -0.3 is 9.47 Å². The van der Waals surface area contributed by atoms with Crippen LogP contribution in [0.15, 0.2) is 66.7 Å². The van der Waals surface area contributed by atoms with Gasteiger partial charge in [0.1, 0.15) is 11.5 Å². The Balaban J connectivity index is 1.55. The molecule has 2 heterocycles. The number of ether oxygens (including phenoxy) is 2. The van der Waals surface area contributed by atoms with Crippen molar-refractivity contribution in [2.24, 2.45) is 17.8 Å².